The number of anilines is 1. The highest BCUT2D eigenvalue weighted by atomic mass is 35.5. The lowest BCUT2D eigenvalue weighted by Crippen LogP contribution is -2.38. The van der Waals surface area contributed by atoms with Crippen LogP contribution in [0.25, 0.3) is 5.57 Å². The first-order valence-corrected chi connectivity index (χ1v) is 14.0. The van der Waals surface area contributed by atoms with Crippen LogP contribution in [0.5, 0.6) is 0 Å². The Labute approximate surface area is 229 Å². The molecule has 1 saturated heterocycles. The Bertz CT molecular complexity index is 1410. The SMILES string of the molecule is CC(F)n1ccc(C2=C3CC(CNc4ccccn4)CN3C(C3CC=CS3)=N[C@H]2c2ccc(F)cc2Cl)n1. The van der Waals surface area contributed by atoms with Crippen LogP contribution in [-0.2, 0) is 0 Å². The maximum Gasteiger partial charge on any atom is 0.188 e. The Kier molecular flexibility index (Phi) is 6.97. The average molecular weight is 553 g/mol. The molecule has 0 bridgehead atoms. The largest absolute Gasteiger partial charge is 0.370 e. The van der Waals surface area contributed by atoms with Gasteiger partial charge in [0.2, 0.25) is 0 Å². The van der Waals surface area contributed by atoms with Crippen molar-refractivity contribution in [3.05, 3.63) is 94.1 Å². The molecule has 0 amide bonds. The van der Waals surface area contributed by atoms with E-state index in [2.05, 4.69) is 31.8 Å². The first-order valence-electron chi connectivity index (χ1n) is 12.7. The molecule has 4 atom stereocenters. The molecule has 0 aliphatic carbocycles. The second-order valence-corrected chi connectivity index (χ2v) is 11.2. The molecular formula is C28H27ClF2N6S. The number of hydrogen-bond donors (Lipinski definition) is 1. The van der Waals surface area contributed by atoms with E-state index in [1.165, 1.54) is 23.7 Å². The fourth-order valence-corrected chi connectivity index (χ4v) is 6.52. The molecule has 0 saturated carbocycles. The van der Waals surface area contributed by atoms with Gasteiger partial charge in [-0.1, -0.05) is 29.8 Å². The van der Waals surface area contributed by atoms with E-state index < -0.39 is 18.2 Å². The van der Waals surface area contributed by atoms with Crippen molar-refractivity contribution in [3.63, 3.8) is 0 Å². The molecule has 3 aliphatic rings. The number of nitrogens with zero attached hydrogens (tertiary/aromatic N) is 5. The molecule has 0 spiro atoms. The number of alkyl halides is 1. The summed E-state index contributed by atoms with van der Waals surface area (Å²) in [4.78, 5) is 12.0. The van der Waals surface area contributed by atoms with Crippen LogP contribution in [0.1, 0.15) is 43.4 Å². The lowest BCUT2D eigenvalue weighted by atomic mass is 9.91. The van der Waals surface area contributed by atoms with Crippen LogP contribution >= 0.6 is 23.4 Å². The number of rotatable bonds is 7. The quantitative estimate of drug-likeness (QED) is 0.346. The van der Waals surface area contributed by atoms with Crippen LogP contribution in [0.15, 0.2) is 77.0 Å². The highest BCUT2D eigenvalue weighted by Gasteiger charge is 2.42. The Morgan fingerprint density at radius 2 is 2.13 bits per heavy atom. The predicted octanol–water partition coefficient (Wildman–Crippen LogP) is 6.88. The second-order valence-electron chi connectivity index (χ2n) is 9.68. The summed E-state index contributed by atoms with van der Waals surface area (Å²) in [6.45, 7) is 2.98. The molecular weight excluding hydrogens is 526 g/mol. The number of fused-ring (bicyclic) bond motifs is 1. The van der Waals surface area contributed by atoms with Crippen molar-refractivity contribution in [3.8, 4) is 0 Å². The van der Waals surface area contributed by atoms with Gasteiger partial charge in [-0.2, -0.15) is 5.10 Å². The predicted molar refractivity (Wildman–Crippen MR) is 149 cm³/mol. The van der Waals surface area contributed by atoms with E-state index >= 15 is 0 Å². The highest BCUT2D eigenvalue weighted by molar-refractivity contribution is 8.03. The van der Waals surface area contributed by atoms with Gasteiger partial charge in [0.1, 0.15) is 23.5 Å². The normalized spacial score (nSPS) is 23.5. The zero-order chi connectivity index (χ0) is 26.2. The van der Waals surface area contributed by atoms with E-state index in [9.17, 15) is 8.78 Å². The average Bonchev–Trinajstić information content (AvgIpc) is 3.68. The Hall–Kier alpha value is -3.17. The molecule has 196 valence electrons. The number of amidine groups is 1. The summed E-state index contributed by atoms with van der Waals surface area (Å²) in [6, 6.07) is 11.6. The third-order valence-corrected chi connectivity index (χ3v) is 8.50. The first-order chi connectivity index (χ1) is 18.5. The van der Waals surface area contributed by atoms with E-state index in [0.717, 1.165) is 48.9 Å². The number of benzene rings is 1. The van der Waals surface area contributed by atoms with Gasteiger partial charge in [0.25, 0.3) is 0 Å². The number of pyridine rings is 1. The minimum atomic E-state index is -1.26. The smallest absolute Gasteiger partial charge is 0.188 e. The van der Waals surface area contributed by atoms with Crippen molar-refractivity contribution in [2.75, 3.05) is 18.4 Å². The van der Waals surface area contributed by atoms with Gasteiger partial charge in [0, 0.05) is 47.3 Å². The van der Waals surface area contributed by atoms with Crippen LogP contribution in [-0.4, -0.2) is 43.8 Å². The first kappa shape index (κ1) is 25.1. The van der Waals surface area contributed by atoms with Gasteiger partial charge in [-0.05, 0) is 61.4 Å². The Morgan fingerprint density at radius 3 is 2.84 bits per heavy atom. The second kappa shape index (κ2) is 10.5. The van der Waals surface area contributed by atoms with Crippen LogP contribution in [0.4, 0.5) is 14.6 Å². The maximum atomic E-state index is 14.2. The number of thioether (sulfide) groups is 1. The lowest BCUT2D eigenvalue weighted by Gasteiger charge is -2.35. The van der Waals surface area contributed by atoms with Gasteiger partial charge < -0.3 is 10.2 Å². The summed E-state index contributed by atoms with van der Waals surface area (Å²) in [7, 11) is 0. The molecule has 6 nitrogen and oxygen atoms in total. The molecule has 38 heavy (non-hydrogen) atoms. The molecule has 3 unspecified atom stereocenters. The van der Waals surface area contributed by atoms with Gasteiger partial charge in [0.05, 0.1) is 10.9 Å². The number of aliphatic imine (C=N–C) groups is 1. The van der Waals surface area contributed by atoms with E-state index in [4.69, 9.17) is 16.6 Å². The number of hydrogen-bond acceptors (Lipinski definition) is 6. The van der Waals surface area contributed by atoms with Gasteiger partial charge in [-0.25, -0.2) is 18.4 Å². The monoisotopic (exact) mass is 552 g/mol. The summed E-state index contributed by atoms with van der Waals surface area (Å²) < 4.78 is 29.5. The fraction of sp³-hybridized carbons (Fsp3) is 0.321. The molecule has 5 heterocycles. The third kappa shape index (κ3) is 4.85. The van der Waals surface area contributed by atoms with Gasteiger partial charge in [-0.15, -0.1) is 11.8 Å². The van der Waals surface area contributed by atoms with E-state index in [1.54, 1.807) is 30.2 Å². The minimum Gasteiger partial charge on any atom is -0.370 e. The highest BCUT2D eigenvalue weighted by Crippen LogP contribution is 2.48. The van der Waals surface area contributed by atoms with E-state index in [-0.39, 0.29) is 11.2 Å². The number of halogens is 3. The molecule has 6 rings (SSSR count). The Morgan fingerprint density at radius 1 is 1.24 bits per heavy atom. The molecule has 1 N–H and O–H groups in total. The van der Waals surface area contributed by atoms with Crippen LogP contribution in [0, 0.1) is 11.7 Å². The van der Waals surface area contributed by atoms with E-state index in [0.29, 0.717) is 16.3 Å². The standard InChI is InChI=1S/C28H27ClF2N6S/c1-17(30)37-11-9-22(35-37)26-23-13-18(15-33-25-6-2-3-10-32-25)16-36(23)28(24-5-4-12-38-24)34-27(26)20-8-7-19(31)14-21(20)29/h2-4,6-12,14,17-18,24,27H,5,13,15-16H2,1H3,(H,32,33)/t17?,18?,24?,27-/m0/s1. The molecule has 3 aromatic rings. The zero-order valence-electron chi connectivity index (χ0n) is 20.8. The van der Waals surface area contributed by atoms with Crippen molar-refractivity contribution in [1.29, 1.82) is 0 Å². The van der Waals surface area contributed by atoms with Crippen molar-refractivity contribution in [2.45, 2.75) is 37.4 Å². The van der Waals surface area contributed by atoms with Crippen molar-refractivity contribution in [1.82, 2.24) is 19.7 Å². The molecule has 1 fully saturated rings. The molecule has 0 radical (unpaired) electrons. The fourth-order valence-electron chi connectivity index (χ4n) is 5.31. The summed E-state index contributed by atoms with van der Waals surface area (Å²) in [5.74, 6) is 1.71. The summed E-state index contributed by atoms with van der Waals surface area (Å²) in [5, 5.41) is 10.7. The van der Waals surface area contributed by atoms with E-state index in [1.807, 2.05) is 24.3 Å². The number of allylic oxidation sites excluding steroid dienone is 2. The van der Waals surface area contributed by atoms with Crippen molar-refractivity contribution >= 4 is 40.6 Å². The molecule has 2 aromatic heterocycles. The van der Waals surface area contributed by atoms with Crippen molar-refractivity contribution in [2.24, 2.45) is 10.9 Å². The maximum absolute atomic E-state index is 14.2. The van der Waals surface area contributed by atoms with Gasteiger partial charge in [-0.3, -0.25) is 4.99 Å². The number of aromatic nitrogens is 3. The van der Waals surface area contributed by atoms with Crippen LogP contribution in [0.2, 0.25) is 5.02 Å². The Balaban J connectivity index is 1.44. The number of nitrogens with one attached hydrogen (secondary N) is 1. The lowest BCUT2D eigenvalue weighted by molar-refractivity contribution is 0.245. The topological polar surface area (TPSA) is 58.3 Å². The summed E-state index contributed by atoms with van der Waals surface area (Å²) in [6.07, 6.45) is 5.99. The minimum absolute atomic E-state index is 0.180. The zero-order valence-corrected chi connectivity index (χ0v) is 22.3. The van der Waals surface area contributed by atoms with Crippen LogP contribution < -0.4 is 5.32 Å². The van der Waals surface area contributed by atoms with Crippen molar-refractivity contribution < 1.29 is 8.78 Å². The summed E-state index contributed by atoms with van der Waals surface area (Å²) in [5.41, 5.74) is 3.36. The molecule has 1 aromatic carbocycles. The van der Waals surface area contributed by atoms with Gasteiger partial charge >= 0.3 is 0 Å². The summed E-state index contributed by atoms with van der Waals surface area (Å²) >= 11 is 8.36. The van der Waals surface area contributed by atoms with Crippen LogP contribution in [0.3, 0.4) is 0 Å². The third-order valence-electron chi connectivity index (χ3n) is 7.09. The molecule has 3 aliphatic heterocycles. The van der Waals surface area contributed by atoms with Gasteiger partial charge in [0.15, 0.2) is 6.30 Å². The molecule has 10 heteroatoms.